The van der Waals surface area contributed by atoms with Gasteiger partial charge in [-0.2, -0.15) is 0 Å². The summed E-state index contributed by atoms with van der Waals surface area (Å²) >= 11 is 0. The summed E-state index contributed by atoms with van der Waals surface area (Å²) in [5.41, 5.74) is 1.36. The van der Waals surface area contributed by atoms with Gasteiger partial charge in [0, 0.05) is 19.6 Å². The summed E-state index contributed by atoms with van der Waals surface area (Å²) in [6.07, 6.45) is 7.56. The monoisotopic (exact) mass is 194 g/mol. The number of allylic oxidation sites excluding steroid dienone is 2. The highest BCUT2D eigenvalue weighted by Gasteiger charge is 2.16. The van der Waals surface area contributed by atoms with E-state index >= 15 is 0 Å². The summed E-state index contributed by atoms with van der Waals surface area (Å²) in [5.74, 6) is 0. The van der Waals surface area contributed by atoms with Gasteiger partial charge in [-0.25, -0.2) is 0 Å². The quantitative estimate of drug-likeness (QED) is 0.714. The van der Waals surface area contributed by atoms with Crippen LogP contribution in [0.3, 0.4) is 0 Å². The zero-order valence-electron chi connectivity index (χ0n) is 8.70. The van der Waals surface area contributed by atoms with E-state index in [-0.39, 0.29) is 0 Å². The third-order valence-corrected chi connectivity index (χ3v) is 2.66. The number of nitrogens with one attached hydrogen (secondary N) is 1. The first-order valence-corrected chi connectivity index (χ1v) is 5.22. The summed E-state index contributed by atoms with van der Waals surface area (Å²) in [6, 6.07) is 0.604. The van der Waals surface area contributed by atoms with Crippen molar-refractivity contribution in [3.63, 3.8) is 0 Å². The maximum atomic E-state index is 5.63. The predicted molar refractivity (Wildman–Crippen MR) is 57.1 cm³/mol. The van der Waals surface area contributed by atoms with Gasteiger partial charge < -0.3 is 15.0 Å². The Morgan fingerprint density at radius 2 is 2.50 bits per heavy atom. The Morgan fingerprint density at radius 3 is 3.14 bits per heavy atom. The summed E-state index contributed by atoms with van der Waals surface area (Å²) in [4.78, 5) is 2.17. The maximum absolute atomic E-state index is 5.63. The molecular formula is C11H18N2O. The molecule has 0 unspecified atom stereocenters. The van der Waals surface area contributed by atoms with Gasteiger partial charge in [0.15, 0.2) is 0 Å². The average Bonchev–Trinajstić information content (AvgIpc) is 2.09. The molecule has 0 aromatic heterocycles. The van der Waals surface area contributed by atoms with Crippen molar-refractivity contribution in [2.45, 2.75) is 12.5 Å². The van der Waals surface area contributed by atoms with Crippen LogP contribution in [0.2, 0.25) is 0 Å². The first-order chi connectivity index (χ1) is 6.84. The van der Waals surface area contributed by atoms with Crippen LogP contribution in [0.4, 0.5) is 0 Å². The molecule has 3 nitrogen and oxygen atoms in total. The van der Waals surface area contributed by atoms with E-state index in [1.54, 1.807) is 0 Å². The second-order valence-corrected chi connectivity index (χ2v) is 4.04. The molecule has 0 amide bonds. The Balaban J connectivity index is 1.64. The van der Waals surface area contributed by atoms with Crippen molar-refractivity contribution >= 4 is 0 Å². The molecular weight excluding hydrogens is 176 g/mol. The van der Waals surface area contributed by atoms with Gasteiger partial charge in [-0.05, 0) is 30.8 Å². The van der Waals surface area contributed by atoms with E-state index < -0.39 is 0 Å². The second kappa shape index (κ2) is 4.62. The lowest BCUT2D eigenvalue weighted by Gasteiger charge is -2.27. The van der Waals surface area contributed by atoms with E-state index in [1.165, 1.54) is 12.0 Å². The van der Waals surface area contributed by atoms with Crippen LogP contribution in [-0.4, -0.2) is 44.3 Å². The van der Waals surface area contributed by atoms with Gasteiger partial charge >= 0.3 is 0 Å². The van der Waals surface area contributed by atoms with Crippen molar-refractivity contribution in [3.8, 4) is 0 Å². The van der Waals surface area contributed by atoms with Crippen LogP contribution in [0, 0.1) is 0 Å². The highest BCUT2D eigenvalue weighted by molar-refractivity contribution is 5.18. The van der Waals surface area contributed by atoms with E-state index in [2.05, 4.69) is 35.6 Å². The second-order valence-electron chi connectivity index (χ2n) is 4.04. The Morgan fingerprint density at radius 1 is 1.64 bits per heavy atom. The van der Waals surface area contributed by atoms with Gasteiger partial charge in [-0.3, -0.25) is 0 Å². The zero-order valence-corrected chi connectivity index (χ0v) is 8.70. The van der Waals surface area contributed by atoms with Gasteiger partial charge in [0.25, 0.3) is 0 Å². The lowest BCUT2D eigenvalue weighted by Crippen LogP contribution is -2.46. The zero-order chi connectivity index (χ0) is 9.80. The first kappa shape index (κ1) is 9.74. The minimum atomic E-state index is 0.604. The van der Waals surface area contributed by atoms with E-state index in [4.69, 9.17) is 4.74 Å². The molecule has 2 rings (SSSR count). The fourth-order valence-electron chi connectivity index (χ4n) is 1.67. The standard InChI is InChI=1S/C11H18N2O/c1-13-6-2-3-10(7-13)8-14-9-11-4-5-12-11/h2-3,6,11-12H,4-5,7-9H2,1H3/t11-/m1/s1. The average molecular weight is 194 g/mol. The van der Waals surface area contributed by atoms with Crippen LogP contribution in [0.1, 0.15) is 6.42 Å². The number of ether oxygens (including phenoxy) is 1. The van der Waals surface area contributed by atoms with Gasteiger partial charge in [0.05, 0.1) is 13.2 Å². The molecule has 78 valence electrons. The van der Waals surface area contributed by atoms with E-state index in [0.717, 1.165) is 26.3 Å². The molecule has 0 radical (unpaired) electrons. The smallest absolute Gasteiger partial charge is 0.0697 e. The molecule has 0 spiro atoms. The summed E-state index contributed by atoms with van der Waals surface area (Å²) in [5, 5.41) is 3.32. The van der Waals surface area contributed by atoms with Gasteiger partial charge in [-0.15, -0.1) is 0 Å². The van der Waals surface area contributed by atoms with E-state index in [0.29, 0.717) is 6.04 Å². The number of rotatable bonds is 4. The molecule has 0 saturated carbocycles. The topological polar surface area (TPSA) is 24.5 Å². The molecule has 1 N–H and O–H groups in total. The lowest BCUT2D eigenvalue weighted by atomic mass is 10.1. The minimum Gasteiger partial charge on any atom is -0.376 e. The van der Waals surface area contributed by atoms with Crippen LogP contribution in [0.25, 0.3) is 0 Å². The molecule has 0 aromatic carbocycles. The van der Waals surface area contributed by atoms with Crippen molar-refractivity contribution in [2.24, 2.45) is 0 Å². The molecule has 0 aliphatic carbocycles. The lowest BCUT2D eigenvalue weighted by molar-refractivity contribution is 0.106. The van der Waals surface area contributed by atoms with Gasteiger partial charge in [-0.1, -0.05) is 6.08 Å². The Bertz CT molecular complexity index is 244. The van der Waals surface area contributed by atoms with Crippen LogP contribution >= 0.6 is 0 Å². The normalized spacial score (nSPS) is 25.9. The van der Waals surface area contributed by atoms with Crippen molar-refractivity contribution in [2.75, 3.05) is 33.4 Å². The molecule has 2 heterocycles. The SMILES string of the molecule is CN1C=CC=C(COC[C@H]2CCN2)C1. The van der Waals surface area contributed by atoms with Crippen LogP contribution < -0.4 is 5.32 Å². The van der Waals surface area contributed by atoms with Crippen LogP contribution in [0.5, 0.6) is 0 Å². The fraction of sp³-hybridized carbons (Fsp3) is 0.636. The molecule has 1 atom stereocenters. The Kier molecular flexibility index (Phi) is 3.22. The largest absolute Gasteiger partial charge is 0.376 e. The summed E-state index contributed by atoms with van der Waals surface area (Å²) in [6.45, 7) is 3.77. The van der Waals surface area contributed by atoms with Crippen molar-refractivity contribution in [1.82, 2.24) is 10.2 Å². The fourth-order valence-corrected chi connectivity index (χ4v) is 1.67. The minimum absolute atomic E-state index is 0.604. The molecule has 0 aromatic rings. The molecule has 1 saturated heterocycles. The first-order valence-electron chi connectivity index (χ1n) is 5.22. The van der Waals surface area contributed by atoms with Gasteiger partial charge in [0.1, 0.15) is 0 Å². The molecule has 1 fully saturated rings. The maximum Gasteiger partial charge on any atom is 0.0697 e. The van der Waals surface area contributed by atoms with E-state index in [9.17, 15) is 0 Å². The van der Waals surface area contributed by atoms with Crippen molar-refractivity contribution in [3.05, 3.63) is 23.9 Å². The third kappa shape index (κ3) is 2.59. The summed E-state index contributed by atoms with van der Waals surface area (Å²) < 4.78 is 5.63. The molecule has 2 aliphatic rings. The van der Waals surface area contributed by atoms with E-state index in [1.807, 2.05) is 0 Å². The Hall–Kier alpha value is -0.800. The molecule has 2 aliphatic heterocycles. The van der Waals surface area contributed by atoms with Crippen molar-refractivity contribution in [1.29, 1.82) is 0 Å². The number of hydrogen-bond donors (Lipinski definition) is 1. The predicted octanol–water partition coefficient (Wildman–Crippen LogP) is 0.750. The molecule has 14 heavy (non-hydrogen) atoms. The molecule has 3 heteroatoms. The molecule has 0 bridgehead atoms. The summed E-state index contributed by atoms with van der Waals surface area (Å²) in [7, 11) is 2.08. The van der Waals surface area contributed by atoms with Crippen LogP contribution in [-0.2, 0) is 4.74 Å². The van der Waals surface area contributed by atoms with Gasteiger partial charge in [0.2, 0.25) is 0 Å². The highest BCUT2D eigenvalue weighted by atomic mass is 16.5. The number of likely N-dealkylation sites (N-methyl/N-ethyl adjacent to an activating group) is 1. The Labute approximate surface area is 85.4 Å². The highest BCUT2D eigenvalue weighted by Crippen LogP contribution is 2.07. The number of nitrogens with zero attached hydrogens (tertiary/aromatic N) is 1. The van der Waals surface area contributed by atoms with Crippen LogP contribution in [0.15, 0.2) is 23.9 Å². The third-order valence-electron chi connectivity index (χ3n) is 2.66. The number of hydrogen-bond acceptors (Lipinski definition) is 3. The van der Waals surface area contributed by atoms with Crippen molar-refractivity contribution < 1.29 is 4.74 Å².